The molecule has 0 radical (unpaired) electrons. The fraction of sp³-hybridized carbons (Fsp3) is 0.667. The second-order valence-electron chi connectivity index (χ2n) is 6.33. The Bertz CT molecular complexity index is 404. The van der Waals surface area contributed by atoms with Crippen LogP contribution in [0.15, 0.2) is 18.2 Å². The largest absolute Gasteiger partial charge is 0.491 e. The van der Waals surface area contributed by atoms with Crippen LogP contribution in [0.5, 0.6) is 5.75 Å². The molecule has 0 fully saturated rings. The molecule has 0 saturated heterocycles. The molecule has 0 aliphatic heterocycles. The maximum atomic E-state index is 9.93. The monoisotopic (exact) mass is 293 g/mol. The van der Waals surface area contributed by atoms with Gasteiger partial charge >= 0.3 is 0 Å². The van der Waals surface area contributed by atoms with Crippen molar-refractivity contribution in [2.45, 2.75) is 53.1 Å². The summed E-state index contributed by atoms with van der Waals surface area (Å²) in [5.74, 6) is 1.65. The van der Waals surface area contributed by atoms with Gasteiger partial charge in [-0.1, -0.05) is 38.8 Å². The zero-order chi connectivity index (χ0) is 15.7. The Morgan fingerprint density at radius 1 is 1.19 bits per heavy atom. The molecule has 0 aliphatic carbocycles. The minimum Gasteiger partial charge on any atom is -0.491 e. The van der Waals surface area contributed by atoms with E-state index in [1.807, 2.05) is 26.0 Å². The Hall–Kier alpha value is -1.06. The third-order valence-electron chi connectivity index (χ3n) is 3.54. The molecule has 0 amide bonds. The summed E-state index contributed by atoms with van der Waals surface area (Å²) in [6.07, 6.45) is 3.23. The predicted octanol–water partition coefficient (Wildman–Crippen LogP) is 3.46. The van der Waals surface area contributed by atoms with Gasteiger partial charge in [0.25, 0.3) is 0 Å². The second kappa shape index (κ2) is 9.80. The fourth-order valence-electron chi connectivity index (χ4n) is 2.18. The molecule has 1 rings (SSSR count). The molecule has 120 valence electrons. The SMILES string of the molecule is Cc1ccc(C)c(OCC(O)CNCCCCC(C)C)c1. The average molecular weight is 293 g/mol. The van der Waals surface area contributed by atoms with Crippen LogP contribution in [-0.2, 0) is 0 Å². The van der Waals surface area contributed by atoms with Crippen molar-refractivity contribution in [3.8, 4) is 5.75 Å². The second-order valence-corrected chi connectivity index (χ2v) is 6.33. The van der Waals surface area contributed by atoms with Gasteiger partial charge < -0.3 is 15.2 Å². The summed E-state index contributed by atoms with van der Waals surface area (Å²) in [4.78, 5) is 0. The van der Waals surface area contributed by atoms with E-state index in [2.05, 4.69) is 25.2 Å². The Labute approximate surface area is 129 Å². The molecule has 0 saturated carbocycles. The van der Waals surface area contributed by atoms with E-state index in [1.165, 1.54) is 24.8 Å². The van der Waals surface area contributed by atoms with Crippen molar-refractivity contribution >= 4 is 0 Å². The van der Waals surface area contributed by atoms with E-state index in [0.29, 0.717) is 13.2 Å². The van der Waals surface area contributed by atoms with E-state index < -0.39 is 6.10 Å². The maximum Gasteiger partial charge on any atom is 0.122 e. The third kappa shape index (κ3) is 8.08. The lowest BCUT2D eigenvalue weighted by molar-refractivity contribution is 0.106. The number of ether oxygens (including phenoxy) is 1. The van der Waals surface area contributed by atoms with E-state index in [9.17, 15) is 5.11 Å². The van der Waals surface area contributed by atoms with Crippen molar-refractivity contribution in [1.29, 1.82) is 0 Å². The van der Waals surface area contributed by atoms with Crippen LogP contribution in [-0.4, -0.2) is 30.9 Å². The van der Waals surface area contributed by atoms with Gasteiger partial charge in [0.15, 0.2) is 0 Å². The Morgan fingerprint density at radius 2 is 1.95 bits per heavy atom. The molecule has 2 N–H and O–H groups in total. The number of benzene rings is 1. The first-order valence-electron chi connectivity index (χ1n) is 8.08. The minimum atomic E-state index is -0.463. The van der Waals surface area contributed by atoms with Gasteiger partial charge in [0.2, 0.25) is 0 Å². The summed E-state index contributed by atoms with van der Waals surface area (Å²) in [6, 6.07) is 6.13. The zero-order valence-corrected chi connectivity index (χ0v) is 14.0. The summed E-state index contributed by atoms with van der Waals surface area (Å²) < 4.78 is 5.70. The summed E-state index contributed by atoms with van der Waals surface area (Å²) in [7, 11) is 0. The number of aliphatic hydroxyl groups is 1. The molecule has 1 atom stereocenters. The Morgan fingerprint density at radius 3 is 2.67 bits per heavy atom. The van der Waals surface area contributed by atoms with Crippen molar-refractivity contribution in [3.63, 3.8) is 0 Å². The van der Waals surface area contributed by atoms with Crippen LogP contribution in [0.25, 0.3) is 0 Å². The lowest BCUT2D eigenvalue weighted by Gasteiger charge is -2.15. The first kappa shape index (κ1) is 18.0. The quantitative estimate of drug-likeness (QED) is 0.649. The fourth-order valence-corrected chi connectivity index (χ4v) is 2.18. The van der Waals surface area contributed by atoms with E-state index in [0.717, 1.165) is 23.8 Å². The number of rotatable bonds is 10. The highest BCUT2D eigenvalue weighted by Gasteiger charge is 2.06. The lowest BCUT2D eigenvalue weighted by Crippen LogP contribution is -2.32. The van der Waals surface area contributed by atoms with Gasteiger partial charge in [-0.25, -0.2) is 0 Å². The van der Waals surface area contributed by atoms with E-state index >= 15 is 0 Å². The zero-order valence-electron chi connectivity index (χ0n) is 14.0. The number of aryl methyl sites for hydroxylation is 2. The predicted molar refractivity (Wildman–Crippen MR) is 89.0 cm³/mol. The number of nitrogens with one attached hydrogen (secondary N) is 1. The molecular formula is C18H31NO2. The van der Waals surface area contributed by atoms with Crippen LogP contribution in [0, 0.1) is 19.8 Å². The van der Waals surface area contributed by atoms with Gasteiger partial charge in [0.1, 0.15) is 18.5 Å². The van der Waals surface area contributed by atoms with Crippen LogP contribution >= 0.6 is 0 Å². The highest BCUT2D eigenvalue weighted by molar-refractivity contribution is 5.35. The number of hydrogen-bond donors (Lipinski definition) is 2. The Balaban J connectivity index is 2.13. The van der Waals surface area contributed by atoms with Gasteiger partial charge in [-0.2, -0.15) is 0 Å². The smallest absolute Gasteiger partial charge is 0.122 e. The number of hydrogen-bond acceptors (Lipinski definition) is 3. The highest BCUT2D eigenvalue weighted by atomic mass is 16.5. The highest BCUT2D eigenvalue weighted by Crippen LogP contribution is 2.19. The van der Waals surface area contributed by atoms with Crippen LogP contribution in [0.3, 0.4) is 0 Å². The molecule has 3 nitrogen and oxygen atoms in total. The summed E-state index contributed by atoms with van der Waals surface area (Å²) in [6.45, 7) is 10.5. The first-order valence-corrected chi connectivity index (χ1v) is 8.08. The van der Waals surface area contributed by atoms with Gasteiger partial charge in [0, 0.05) is 6.54 Å². The average Bonchev–Trinajstić information content (AvgIpc) is 2.43. The van der Waals surface area contributed by atoms with E-state index in [-0.39, 0.29) is 0 Å². The van der Waals surface area contributed by atoms with Gasteiger partial charge in [-0.05, 0) is 49.9 Å². The molecule has 1 aromatic rings. The first-order chi connectivity index (χ1) is 9.99. The van der Waals surface area contributed by atoms with Crippen molar-refractivity contribution in [2.75, 3.05) is 19.7 Å². The molecule has 1 aromatic carbocycles. The van der Waals surface area contributed by atoms with Gasteiger partial charge in [-0.3, -0.25) is 0 Å². The number of aliphatic hydroxyl groups excluding tert-OH is 1. The summed E-state index contributed by atoms with van der Waals surface area (Å²) >= 11 is 0. The standard InChI is InChI=1S/C18H31NO2/c1-14(2)7-5-6-10-19-12-17(20)13-21-18-11-15(3)8-9-16(18)4/h8-9,11,14,17,19-20H,5-7,10,12-13H2,1-4H3. The van der Waals surface area contributed by atoms with Crippen LogP contribution in [0.4, 0.5) is 0 Å². The topological polar surface area (TPSA) is 41.5 Å². The van der Waals surface area contributed by atoms with E-state index in [1.54, 1.807) is 0 Å². The normalized spacial score (nSPS) is 12.7. The molecule has 0 aromatic heterocycles. The lowest BCUT2D eigenvalue weighted by atomic mass is 10.1. The molecule has 0 spiro atoms. The van der Waals surface area contributed by atoms with Crippen LogP contribution in [0.1, 0.15) is 44.2 Å². The van der Waals surface area contributed by atoms with Gasteiger partial charge in [0.05, 0.1) is 0 Å². The Kier molecular flexibility index (Phi) is 8.40. The summed E-state index contributed by atoms with van der Waals surface area (Å²) in [5.41, 5.74) is 2.28. The van der Waals surface area contributed by atoms with Gasteiger partial charge in [-0.15, -0.1) is 0 Å². The molecule has 0 bridgehead atoms. The van der Waals surface area contributed by atoms with Crippen molar-refractivity contribution < 1.29 is 9.84 Å². The molecule has 3 heteroatoms. The summed E-state index contributed by atoms with van der Waals surface area (Å²) in [5, 5.41) is 13.2. The number of unbranched alkanes of at least 4 members (excludes halogenated alkanes) is 1. The van der Waals surface area contributed by atoms with E-state index in [4.69, 9.17) is 4.74 Å². The van der Waals surface area contributed by atoms with Crippen LogP contribution < -0.4 is 10.1 Å². The van der Waals surface area contributed by atoms with Crippen molar-refractivity contribution in [1.82, 2.24) is 5.32 Å². The molecular weight excluding hydrogens is 262 g/mol. The molecule has 1 unspecified atom stereocenters. The van der Waals surface area contributed by atoms with Crippen molar-refractivity contribution in [2.24, 2.45) is 5.92 Å². The molecule has 0 heterocycles. The molecule has 21 heavy (non-hydrogen) atoms. The third-order valence-corrected chi connectivity index (χ3v) is 3.54. The van der Waals surface area contributed by atoms with Crippen LogP contribution in [0.2, 0.25) is 0 Å². The van der Waals surface area contributed by atoms with Crippen molar-refractivity contribution in [3.05, 3.63) is 29.3 Å². The molecule has 0 aliphatic rings. The maximum absolute atomic E-state index is 9.93. The minimum absolute atomic E-state index is 0.337.